The highest BCUT2D eigenvalue weighted by Gasteiger charge is 2.65. The lowest BCUT2D eigenvalue weighted by Gasteiger charge is -2.66. The van der Waals surface area contributed by atoms with E-state index in [-0.39, 0.29) is 0 Å². The second-order valence-electron chi connectivity index (χ2n) is 11.5. The molecule has 0 saturated heterocycles. The third kappa shape index (κ3) is 1.65. The first-order valence-corrected chi connectivity index (χ1v) is 11.0. The van der Waals surface area contributed by atoms with Gasteiger partial charge >= 0.3 is 0 Å². The van der Waals surface area contributed by atoms with Crippen molar-refractivity contribution < 1.29 is 0 Å². The molecule has 0 aromatic heterocycles. The standard InChI is InChI=1S/C23H36/c1-12-6-19(16-7-15(12)8-16)20-10-21(18-9-17(20)13(18)2)22-14-4-5-23(22,3)11-14/h12-22H,4-11H2,1-3H3. The van der Waals surface area contributed by atoms with E-state index in [1.54, 1.807) is 51.4 Å². The van der Waals surface area contributed by atoms with Crippen LogP contribution in [0.3, 0.4) is 0 Å². The molecule has 128 valence electrons. The fraction of sp³-hybridized carbons (Fsp3) is 1.00. The van der Waals surface area contributed by atoms with Crippen molar-refractivity contribution in [1.29, 1.82) is 0 Å². The Morgan fingerprint density at radius 2 is 1.43 bits per heavy atom. The summed E-state index contributed by atoms with van der Waals surface area (Å²) in [7, 11) is 0. The monoisotopic (exact) mass is 312 g/mol. The Labute approximate surface area is 143 Å². The maximum Gasteiger partial charge on any atom is -0.0289 e. The molecule has 0 spiro atoms. The molecule has 10 unspecified atom stereocenters. The van der Waals surface area contributed by atoms with Crippen molar-refractivity contribution in [1.82, 2.24) is 0 Å². The van der Waals surface area contributed by atoms with Gasteiger partial charge in [0.05, 0.1) is 0 Å². The smallest absolute Gasteiger partial charge is 0.0289 e. The Kier molecular flexibility index (Phi) is 2.71. The van der Waals surface area contributed by atoms with Gasteiger partial charge in [-0.2, -0.15) is 0 Å². The molecule has 0 heteroatoms. The molecular weight excluding hydrogens is 276 g/mol. The van der Waals surface area contributed by atoms with E-state index in [9.17, 15) is 0 Å². The van der Waals surface area contributed by atoms with E-state index in [0.717, 1.165) is 70.5 Å². The van der Waals surface area contributed by atoms with Crippen molar-refractivity contribution in [2.24, 2.45) is 70.5 Å². The van der Waals surface area contributed by atoms with Gasteiger partial charge in [-0.15, -0.1) is 0 Å². The van der Waals surface area contributed by atoms with Crippen LogP contribution in [0.1, 0.15) is 72.1 Å². The lowest BCUT2D eigenvalue weighted by Crippen LogP contribution is -2.59. The minimum absolute atomic E-state index is 0.781. The molecule has 10 atom stereocenters. The van der Waals surface area contributed by atoms with Gasteiger partial charge in [-0.05, 0) is 122 Å². The van der Waals surface area contributed by atoms with E-state index in [2.05, 4.69) is 20.8 Å². The third-order valence-electron chi connectivity index (χ3n) is 10.9. The summed E-state index contributed by atoms with van der Waals surface area (Å²) in [6, 6.07) is 0. The number of hydrogen-bond acceptors (Lipinski definition) is 0. The molecule has 9 aliphatic rings. The van der Waals surface area contributed by atoms with E-state index >= 15 is 0 Å². The van der Waals surface area contributed by atoms with Crippen molar-refractivity contribution >= 4 is 0 Å². The maximum atomic E-state index is 2.66. The molecule has 0 heterocycles. The van der Waals surface area contributed by atoms with Crippen molar-refractivity contribution in [2.75, 3.05) is 0 Å². The zero-order chi connectivity index (χ0) is 15.5. The Morgan fingerprint density at radius 1 is 0.696 bits per heavy atom. The lowest BCUT2D eigenvalue weighted by atomic mass is 9.39. The average Bonchev–Trinajstić information content (AvgIpc) is 3.01. The summed E-state index contributed by atoms with van der Waals surface area (Å²) in [4.78, 5) is 0. The van der Waals surface area contributed by atoms with E-state index in [1.165, 1.54) is 0 Å². The summed E-state index contributed by atoms with van der Waals surface area (Å²) in [6.45, 7) is 7.88. The van der Waals surface area contributed by atoms with E-state index in [1.807, 2.05) is 0 Å². The van der Waals surface area contributed by atoms with Gasteiger partial charge < -0.3 is 0 Å². The molecule has 9 rings (SSSR count). The van der Waals surface area contributed by atoms with Gasteiger partial charge in [-0.1, -0.05) is 20.8 Å². The van der Waals surface area contributed by atoms with Crippen LogP contribution in [0.5, 0.6) is 0 Å². The summed E-state index contributed by atoms with van der Waals surface area (Å²) in [5.74, 6) is 12.4. The Hall–Kier alpha value is 0. The van der Waals surface area contributed by atoms with Gasteiger partial charge in [0.1, 0.15) is 0 Å². The van der Waals surface area contributed by atoms with Gasteiger partial charge in [0.2, 0.25) is 0 Å². The highest BCUT2D eigenvalue weighted by Crippen LogP contribution is 2.72. The van der Waals surface area contributed by atoms with Crippen molar-refractivity contribution in [2.45, 2.75) is 72.1 Å². The van der Waals surface area contributed by atoms with Gasteiger partial charge in [0.25, 0.3) is 0 Å². The molecule has 9 aliphatic carbocycles. The SMILES string of the molecule is CC1CC(C2CC(C3C4CCC3(C)C4)C3CC2C3C)C2CC1C2. The summed E-state index contributed by atoms with van der Waals surface area (Å²) < 4.78 is 0. The minimum atomic E-state index is 0.781. The van der Waals surface area contributed by atoms with Crippen LogP contribution < -0.4 is 0 Å². The summed E-state index contributed by atoms with van der Waals surface area (Å²) in [6.07, 6.45) is 12.9. The van der Waals surface area contributed by atoms with E-state index in [0.29, 0.717) is 0 Å². The molecule has 0 N–H and O–H groups in total. The Balaban J connectivity index is 1.27. The second kappa shape index (κ2) is 4.39. The van der Waals surface area contributed by atoms with Crippen molar-refractivity contribution in [3.8, 4) is 0 Å². The first kappa shape index (κ1) is 14.2. The number of rotatable bonds is 2. The summed E-state index contributed by atoms with van der Waals surface area (Å²) >= 11 is 0. The third-order valence-corrected chi connectivity index (χ3v) is 10.9. The fourth-order valence-corrected chi connectivity index (χ4v) is 9.63. The van der Waals surface area contributed by atoms with Gasteiger partial charge in [0, 0.05) is 0 Å². The molecule has 0 aliphatic heterocycles. The number of hydrogen-bond donors (Lipinski definition) is 0. The predicted octanol–water partition coefficient (Wildman–Crippen LogP) is 6.01. The molecule has 0 aromatic rings. The molecule has 0 nitrogen and oxygen atoms in total. The zero-order valence-corrected chi connectivity index (χ0v) is 15.5. The summed E-state index contributed by atoms with van der Waals surface area (Å²) in [5, 5.41) is 0. The Morgan fingerprint density at radius 3 is 2.04 bits per heavy atom. The van der Waals surface area contributed by atoms with Crippen LogP contribution >= 0.6 is 0 Å². The largest absolute Gasteiger partial charge is 0.0622 e. The van der Waals surface area contributed by atoms with Crippen LogP contribution in [0, 0.1) is 70.5 Å². The molecule has 0 aromatic carbocycles. The van der Waals surface area contributed by atoms with E-state index < -0.39 is 0 Å². The molecule has 9 fully saturated rings. The quantitative estimate of drug-likeness (QED) is 0.585. The van der Waals surface area contributed by atoms with Crippen LogP contribution in [-0.2, 0) is 0 Å². The lowest BCUT2D eigenvalue weighted by molar-refractivity contribution is -0.173. The van der Waals surface area contributed by atoms with E-state index in [4.69, 9.17) is 0 Å². The topological polar surface area (TPSA) is 0 Å². The highest BCUT2D eigenvalue weighted by molar-refractivity contribution is 5.13. The van der Waals surface area contributed by atoms with Crippen LogP contribution in [-0.4, -0.2) is 0 Å². The second-order valence-corrected chi connectivity index (χ2v) is 11.5. The molecule has 0 radical (unpaired) electrons. The normalized spacial score (nSPS) is 68.7. The molecule has 23 heavy (non-hydrogen) atoms. The van der Waals surface area contributed by atoms with Crippen molar-refractivity contribution in [3.63, 3.8) is 0 Å². The first-order valence-electron chi connectivity index (χ1n) is 11.0. The predicted molar refractivity (Wildman–Crippen MR) is 94.8 cm³/mol. The van der Waals surface area contributed by atoms with Gasteiger partial charge in [0.15, 0.2) is 0 Å². The van der Waals surface area contributed by atoms with Crippen LogP contribution in [0.2, 0.25) is 0 Å². The molecule has 9 saturated carbocycles. The van der Waals surface area contributed by atoms with Crippen molar-refractivity contribution in [3.05, 3.63) is 0 Å². The summed E-state index contributed by atoms with van der Waals surface area (Å²) in [5.41, 5.74) is 0.781. The average molecular weight is 313 g/mol. The van der Waals surface area contributed by atoms with Crippen LogP contribution in [0.15, 0.2) is 0 Å². The minimum Gasteiger partial charge on any atom is -0.0622 e. The molecule has 0 amide bonds. The first-order chi connectivity index (χ1) is 11.0. The van der Waals surface area contributed by atoms with Gasteiger partial charge in [-0.25, -0.2) is 0 Å². The highest BCUT2D eigenvalue weighted by atomic mass is 14.7. The number of fused-ring (bicyclic) bond motifs is 7. The molecular formula is C23H36. The maximum absolute atomic E-state index is 2.66. The van der Waals surface area contributed by atoms with Gasteiger partial charge in [-0.3, -0.25) is 0 Å². The molecule has 6 bridgehead atoms. The van der Waals surface area contributed by atoms with Crippen LogP contribution in [0.4, 0.5) is 0 Å². The zero-order valence-electron chi connectivity index (χ0n) is 15.5. The van der Waals surface area contributed by atoms with Crippen LogP contribution in [0.25, 0.3) is 0 Å². The Bertz CT molecular complexity index is 512. The fourth-order valence-electron chi connectivity index (χ4n) is 9.63.